The van der Waals surface area contributed by atoms with Gasteiger partial charge in [0.25, 0.3) is 0 Å². The van der Waals surface area contributed by atoms with Gasteiger partial charge in [0.05, 0.1) is 18.6 Å². The molecule has 0 bridgehead atoms. The highest BCUT2D eigenvalue weighted by Crippen LogP contribution is 2.46. The van der Waals surface area contributed by atoms with Gasteiger partial charge in [-0.05, 0) is 31.0 Å². The Kier molecular flexibility index (Phi) is 5.93. The molecule has 1 aliphatic heterocycles. The minimum absolute atomic E-state index is 0. The highest BCUT2D eigenvalue weighted by molar-refractivity contribution is 6.35. The molecular weight excluding hydrogens is 365 g/mol. The summed E-state index contributed by atoms with van der Waals surface area (Å²) >= 11 is 12.4. The number of benzene rings is 1. The van der Waals surface area contributed by atoms with Crippen molar-refractivity contribution in [3.8, 4) is 0 Å². The SMILES string of the molecule is COC(=O)C1=C(C)OC2=C(C(=O)CCC2)C1c1ccc(Cl)cc1Cl.N. The summed E-state index contributed by atoms with van der Waals surface area (Å²) in [6.45, 7) is 1.70. The fourth-order valence-electron chi connectivity index (χ4n) is 3.27. The lowest BCUT2D eigenvalue weighted by molar-refractivity contribution is -0.136. The Hall–Kier alpha value is -1.82. The topological polar surface area (TPSA) is 87.6 Å². The zero-order valence-electron chi connectivity index (χ0n) is 14.0. The first kappa shape index (κ1) is 19.5. The van der Waals surface area contributed by atoms with Gasteiger partial charge >= 0.3 is 5.97 Å². The molecule has 1 aromatic rings. The third-order valence-electron chi connectivity index (χ3n) is 4.32. The minimum Gasteiger partial charge on any atom is -0.466 e. The Labute approximate surface area is 156 Å². The number of rotatable bonds is 2. The van der Waals surface area contributed by atoms with Crippen LogP contribution in [0.1, 0.15) is 37.7 Å². The van der Waals surface area contributed by atoms with E-state index in [2.05, 4.69) is 0 Å². The van der Waals surface area contributed by atoms with Crippen LogP contribution < -0.4 is 6.15 Å². The number of hydrogen-bond donors (Lipinski definition) is 1. The summed E-state index contributed by atoms with van der Waals surface area (Å²) in [5.41, 5.74) is 1.44. The molecule has 1 unspecified atom stereocenters. The van der Waals surface area contributed by atoms with Crippen LogP contribution in [-0.2, 0) is 19.1 Å². The van der Waals surface area contributed by atoms with Crippen molar-refractivity contribution in [3.63, 3.8) is 0 Å². The Morgan fingerprint density at radius 1 is 1.28 bits per heavy atom. The number of ether oxygens (including phenoxy) is 2. The minimum atomic E-state index is -0.598. The zero-order valence-corrected chi connectivity index (χ0v) is 15.5. The summed E-state index contributed by atoms with van der Waals surface area (Å²) in [5, 5.41) is 0.883. The Morgan fingerprint density at radius 2 is 2.00 bits per heavy atom. The molecule has 0 radical (unpaired) electrons. The fourth-order valence-corrected chi connectivity index (χ4v) is 3.79. The summed E-state index contributed by atoms with van der Waals surface area (Å²) in [6, 6.07) is 5.03. The number of hydrogen-bond acceptors (Lipinski definition) is 5. The first-order valence-corrected chi connectivity index (χ1v) is 8.37. The molecule has 25 heavy (non-hydrogen) atoms. The van der Waals surface area contributed by atoms with Crippen molar-refractivity contribution in [3.05, 3.63) is 56.5 Å². The molecule has 2 aliphatic rings. The third kappa shape index (κ3) is 3.45. The molecule has 1 aromatic carbocycles. The van der Waals surface area contributed by atoms with Crippen molar-refractivity contribution >= 4 is 35.0 Å². The van der Waals surface area contributed by atoms with E-state index in [0.717, 1.165) is 6.42 Å². The highest BCUT2D eigenvalue weighted by atomic mass is 35.5. The molecule has 1 aliphatic carbocycles. The average Bonchev–Trinajstić information content (AvgIpc) is 2.53. The number of carbonyl (C=O) groups excluding carboxylic acids is 2. The average molecular weight is 384 g/mol. The number of methoxy groups -OCH3 is 1. The maximum absolute atomic E-state index is 12.6. The largest absolute Gasteiger partial charge is 0.466 e. The monoisotopic (exact) mass is 383 g/mol. The number of Topliss-reactive ketones (excluding diaryl/α,β-unsaturated/α-hetero) is 1. The Balaban J connectivity index is 0.00000225. The van der Waals surface area contributed by atoms with Gasteiger partial charge in [0.1, 0.15) is 11.5 Å². The smallest absolute Gasteiger partial charge is 0.338 e. The summed E-state index contributed by atoms with van der Waals surface area (Å²) in [5.74, 6) is -0.105. The molecule has 3 N–H and O–H groups in total. The number of ketones is 1. The molecule has 0 spiro atoms. The van der Waals surface area contributed by atoms with Gasteiger partial charge in [-0.2, -0.15) is 0 Å². The summed E-state index contributed by atoms with van der Waals surface area (Å²) in [6.07, 6.45) is 1.82. The van der Waals surface area contributed by atoms with E-state index in [1.165, 1.54) is 7.11 Å². The number of halogens is 2. The van der Waals surface area contributed by atoms with Crippen molar-refractivity contribution in [1.82, 2.24) is 6.15 Å². The third-order valence-corrected chi connectivity index (χ3v) is 4.88. The van der Waals surface area contributed by atoms with Gasteiger partial charge in [-0.1, -0.05) is 29.3 Å². The molecule has 0 saturated heterocycles. The molecule has 1 atom stereocenters. The zero-order chi connectivity index (χ0) is 17.4. The van der Waals surface area contributed by atoms with E-state index in [1.54, 1.807) is 25.1 Å². The molecule has 0 amide bonds. The number of esters is 1. The lowest BCUT2D eigenvalue weighted by Crippen LogP contribution is -2.28. The number of allylic oxidation sites excluding steroid dienone is 3. The van der Waals surface area contributed by atoms with Crippen LogP contribution >= 0.6 is 23.2 Å². The molecule has 0 saturated carbocycles. The first-order valence-electron chi connectivity index (χ1n) is 7.62. The molecule has 7 heteroatoms. The van der Waals surface area contributed by atoms with Crippen LogP contribution in [0.5, 0.6) is 0 Å². The molecule has 134 valence electrons. The second-order valence-electron chi connectivity index (χ2n) is 5.78. The lowest BCUT2D eigenvalue weighted by Gasteiger charge is -2.33. The molecule has 0 aromatic heterocycles. The van der Waals surface area contributed by atoms with Gasteiger partial charge in [-0.15, -0.1) is 0 Å². The van der Waals surface area contributed by atoms with Gasteiger partial charge in [0.15, 0.2) is 5.78 Å². The van der Waals surface area contributed by atoms with Crippen molar-refractivity contribution in [2.45, 2.75) is 32.1 Å². The van der Waals surface area contributed by atoms with Crippen molar-refractivity contribution in [2.75, 3.05) is 7.11 Å². The summed E-state index contributed by atoms with van der Waals surface area (Å²) < 4.78 is 10.7. The van der Waals surface area contributed by atoms with Crippen molar-refractivity contribution < 1.29 is 19.1 Å². The fraction of sp³-hybridized carbons (Fsp3) is 0.333. The standard InChI is InChI=1S/C18H16Cl2O4.H3N/c1-9-15(18(22)23-2)16(11-7-6-10(19)8-12(11)20)17-13(21)4-3-5-14(17)24-9;/h6-8,16H,3-5H2,1-2H3;1H3. The van der Waals surface area contributed by atoms with Crippen LogP contribution in [0.4, 0.5) is 0 Å². The maximum Gasteiger partial charge on any atom is 0.338 e. The summed E-state index contributed by atoms with van der Waals surface area (Å²) in [4.78, 5) is 24.9. The Morgan fingerprint density at radius 3 is 2.64 bits per heavy atom. The molecule has 0 fully saturated rings. The number of carbonyl (C=O) groups is 2. The Bertz CT molecular complexity index is 798. The second-order valence-corrected chi connectivity index (χ2v) is 6.62. The van der Waals surface area contributed by atoms with Crippen LogP contribution in [0.25, 0.3) is 0 Å². The predicted octanol–water partition coefficient (Wildman–Crippen LogP) is 4.72. The van der Waals surface area contributed by atoms with E-state index in [1.807, 2.05) is 0 Å². The van der Waals surface area contributed by atoms with E-state index in [9.17, 15) is 9.59 Å². The maximum atomic E-state index is 12.6. The van der Waals surface area contributed by atoms with Gasteiger partial charge < -0.3 is 15.6 Å². The van der Waals surface area contributed by atoms with E-state index >= 15 is 0 Å². The van der Waals surface area contributed by atoms with E-state index < -0.39 is 11.9 Å². The van der Waals surface area contributed by atoms with Gasteiger partial charge in [0, 0.05) is 28.5 Å². The van der Waals surface area contributed by atoms with Gasteiger partial charge in [-0.3, -0.25) is 4.79 Å². The van der Waals surface area contributed by atoms with Crippen LogP contribution in [-0.4, -0.2) is 18.9 Å². The van der Waals surface area contributed by atoms with Gasteiger partial charge in [0.2, 0.25) is 0 Å². The molecule has 5 nitrogen and oxygen atoms in total. The summed E-state index contributed by atoms with van der Waals surface area (Å²) in [7, 11) is 1.30. The predicted molar refractivity (Wildman–Crippen MR) is 95.9 cm³/mol. The lowest BCUT2D eigenvalue weighted by atomic mass is 9.76. The quantitative estimate of drug-likeness (QED) is 0.746. The normalized spacial score (nSPS) is 19.8. The second kappa shape index (κ2) is 7.60. The van der Waals surface area contributed by atoms with Gasteiger partial charge in [-0.25, -0.2) is 4.79 Å². The van der Waals surface area contributed by atoms with E-state index in [0.29, 0.717) is 51.1 Å². The first-order chi connectivity index (χ1) is 11.4. The van der Waals surface area contributed by atoms with Crippen LogP contribution in [0, 0.1) is 0 Å². The van der Waals surface area contributed by atoms with E-state index in [4.69, 9.17) is 32.7 Å². The van der Waals surface area contributed by atoms with Crippen LogP contribution in [0.3, 0.4) is 0 Å². The van der Waals surface area contributed by atoms with Crippen molar-refractivity contribution in [1.29, 1.82) is 0 Å². The highest BCUT2D eigenvalue weighted by Gasteiger charge is 2.41. The molecule has 1 heterocycles. The molecular formula is C18H19Cl2NO4. The van der Waals surface area contributed by atoms with E-state index in [-0.39, 0.29) is 11.9 Å². The van der Waals surface area contributed by atoms with Crippen molar-refractivity contribution in [2.24, 2.45) is 0 Å². The van der Waals surface area contributed by atoms with Crippen LogP contribution in [0.15, 0.2) is 40.9 Å². The van der Waals surface area contributed by atoms with Crippen LogP contribution in [0.2, 0.25) is 10.0 Å². The molecule has 3 rings (SSSR count).